The molecule has 0 saturated heterocycles. The molecule has 0 aliphatic heterocycles. The number of nitrogens with zero attached hydrogens (tertiary/aromatic N) is 2. The van der Waals surface area contributed by atoms with Gasteiger partial charge in [0.2, 0.25) is 0 Å². The van der Waals surface area contributed by atoms with Crippen molar-refractivity contribution in [3.8, 4) is 11.5 Å². The highest BCUT2D eigenvalue weighted by Gasteiger charge is 2.07. The molecule has 1 unspecified atom stereocenters. The second kappa shape index (κ2) is 7.01. The van der Waals surface area contributed by atoms with Crippen LogP contribution >= 0.6 is 0 Å². The first-order chi connectivity index (χ1) is 9.70. The maximum absolute atomic E-state index is 5.78. The second-order valence-electron chi connectivity index (χ2n) is 4.78. The van der Waals surface area contributed by atoms with Gasteiger partial charge in [0.1, 0.15) is 11.5 Å². The fraction of sp³-hybridized carbons (Fsp3) is 0.375. The Kier molecular flexibility index (Phi) is 5.07. The first kappa shape index (κ1) is 14.5. The van der Waals surface area contributed by atoms with Gasteiger partial charge in [-0.25, -0.2) is 0 Å². The molecule has 0 radical (unpaired) electrons. The Morgan fingerprint density at radius 2 is 2.10 bits per heavy atom. The lowest BCUT2D eigenvalue weighted by Gasteiger charge is -2.13. The van der Waals surface area contributed by atoms with Crippen LogP contribution in [0.3, 0.4) is 0 Å². The van der Waals surface area contributed by atoms with Crippen molar-refractivity contribution in [3.05, 3.63) is 48.0 Å². The number of ether oxygens (including phenoxy) is 1. The van der Waals surface area contributed by atoms with Gasteiger partial charge in [-0.2, -0.15) is 0 Å². The fourth-order valence-electron chi connectivity index (χ4n) is 1.88. The summed E-state index contributed by atoms with van der Waals surface area (Å²) in [5.41, 5.74) is 1.89. The first-order valence-electron chi connectivity index (χ1n) is 6.99. The molecular formula is C16H21N3O. The number of hydrogen-bond donors (Lipinski definition) is 1. The summed E-state index contributed by atoms with van der Waals surface area (Å²) in [6, 6.07) is 7.96. The minimum absolute atomic E-state index is 0.254. The predicted octanol–water partition coefficient (Wildman–Crippen LogP) is 3.64. The van der Waals surface area contributed by atoms with Gasteiger partial charge in [0.05, 0.1) is 17.6 Å². The zero-order valence-electron chi connectivity index (χ0n) is 12.3. The largest absolute Gasteiger partial charge is 0.454 e. The molecule has 2 aromatic rings. The molecule has 2 heterocycles. The Bertz CT molecular complexity index is 540. The first-order valence-corrected chi connectivity index (χ1v) is 6.99. The van der Waals surface area contributed by atoms with Crippen molar-refractivity contribution < 1.29 is 4.74 Å². The van der Waals surface area contributed by atoms with E-state index in [1.165, 1.54) is 0 Å². The lowest BCUT2D eigenvalue weighted by Crippen LogP contribution is -2.20. The Morgan fingerprint density at radius 3 is 2.75 bits per heavy atom. The molecular weight excluding hydrogens is 250 g/mol. The fourth-order valence-corrected chi connectivity index (χ4v) is 1.88. The molecule has 0 amide bonds. The van der Waals surface area contributed by atoms with E-state index >= 15 is 0 Å². The maximum Gasteiger partial charge on any atom is 0.148 e. The van der Waals surface area contributed by atoms with Gasteiger partial charge in [-0.05, 0) is 51.1 Å². The molecule has 0 bridgehead atoms. The molecule has 2 aromatic heterocycles. The summed E-state index contributed by atoms with van der Waals surface area (Å²) >= 11 is 0. The Morgan fingerprint density at radius 1 is 1.25 bits per heavy atom. The van der Waals surface area contributed by atoms with Crippen LogP contribution in [0.4, 0.5) is 0 Å². The topological polar surface area (TPSA) is 47.0 Å². The SMILES string of the molecule is CCCNC(C)c1ccc(Oc2cccnc2C)cn1. The van der Waals surface area contributed by atoms with Crippen molar-refractivity contribution in [1.82, 2.24) is 15.3 Å². The maximum atomic E-state index is 5.78. The summed E-state index contributed by atoms with van der Waals surface area (Å²) in [5.74, 6) is 1.49. The quantitative estimate of drug-likeness (QED) is 0.871. The monoisotopic (exact) mass is 271 g/mol. The van der Waals surface area contributed by atoms with E-state index in [-0.39, 0.29) is 6.04 Å². The van der Waals surface area contributed by atoms with Gasteiger partial charge < -0.3 is 10.1 Å². The van der Waals surface area contributed by atoms with Crippen LogP contribution in [-0.2, 0) is 0 Å². The normalized spacial score (nSPS) is 12.2. The Labute approximate surface area is 120 Å². The van der Waals surface area contributed by atoms with E-state index in [1.54, 1.807) is 12.4 Å². The van der Waals surface area contributed by atoms with Crippen LogP contribution in [0.15, 0.2) is 36.7 Å². The number of hydrogen-bond acceptors (Lipinski definition) is 4. The van der Waals surface area contributed by atoms with Crippen LogP contribution in [0.2, 0.25) is 0 Å². The molecule has 0 aromatic carbocycles. The highest BCUT2D eigenvalue weighted by Crippen LogP contribution is 2.23. The minimum Gasteiger partial charge on any atom is -0.454 e. The standard InChI is InChI=1S/C16H21N3O/c1-4-9-17-12(2)15-8-7-14(11-19-15)20-16-6-5-10-18-13(16)3/h5-8,10-12,17H,4,9H2,1-3H3. The summed E-state index contributed by atoms with van der Waals surface area (Å²) in [6.45, 7) is 7.19. The molecule has 1 atom stereocenters. The van der Waals surface area contributed by atoms with Gasteiger partial charge in [0, 0.05) is 12.2 Å². The van der Waals surface area contributed by atoms with E-state index in [1.807, 2.05) is 31.2 Å². The second-order valence-corrected chi connectivity index (χ2v) is 4.78. The number of rotatable bonds is 6. The molecule has 2 rings (SSSR count). The Hall–Kier alpha value is -1.94. The molecule has 0 fully saturated rings. The van der Waals surface area contributed by atoms with Crippen LogP contribution in [0, 0.1) is 6.92 Å². The summed E-state index contributed by atoms with van der Waals surface area (Å²) in [5, 5.41) is 3.41. The van der Waals surface area contributed by atoms with Crippen LogP contribution in [0.5, 0.6) is 11.5 Å². The molecule has 0 aliphatic carbocycles. The summed E-state index contributed by atoms with van der Waals surface area (Å²) in [6.07, 6.45) is 4.63. The Balaban J connectivity index is 2.03. The predicted molar refractivity (Wildman–Crippen MR) is 80.0 cm³/mol. The molecule has 0 saturated carbocycles. The molecule has 4 heteroatoms. The number of pyridine rings is 2. The number of aromatic nitrogens is 2. The van der Waals surface area contributed by atoms with E-state index in [4.69, 9.17) is 4.74 Å². The lowest BCUT2D eigenvalue weighted by molar-refractivity contribution is 0.471. The molecule has 1 N–H and O–H groups in total. The minimum atomic E-state index is 0.254. The van der Waals surface area contributed by atoms with Crippen molar-refractivity contribution >= 4 is 0 Å². The van der Waals surface area contributed by atoms with Gasteiger partial charge in [0.25, 0.3) is 0 Å². The highest BCUT2D eigenvalue weighted by atomic mass is 16.5. The molecule has 4 nitrogen and oxygen atoms in total. The molecule has 106 valence electrons. The number of aryl methyl sites for hydroxylation is 1. The van der Waals surface area contributed by atoms with Crippen molar-refractivity contribution in [2.75, 3.05) is 6.54 Å². The average Bonchev–Trinajstić information content (AvgIpc) is 2.48. The highest BCUT2D eigenvalue weighted by molar-refractivity contribution is 5.32. The van der Waals surface area contributed by atoms with Crippen molar-refractivity contribution in [3.63, 3.8) is 0 Å². The summed E-state index contributed by atoms with van der Waals surface area (Å²) in [4.78, 5) is 8.65. The van der Waals surface area contributed by atoms with Crippen molar-refractivity contribution in [2.45, 2.75) is 33.2 Å². The van der Waals surface area contributed by atoms with E-state index in [9.17, 15) is 0 Å². The van der Waals surface area contributed by atoms with Gasteiger partial charge in [-0.15, -0.1) is 0 Å². The van der Waals surface area contributed by atoms with Crippen LogP contribution in [0.1, 0.15) is 37.7 Å². The van der Waals surface area contributed by atoms with E-state index < -0.39 is 0 Å². The van der Waals surface area contributed by atoms with E-state index in [0.29, 0.717) is 0 Å². The lowest BCUT2D eigenvalue weighted by atomic mass is 10.2. The van der Waals surface area contributed by atoms with Crippen molar-refractivity contribution in [1.29, 1.82) is 0 Å². The average molecular weight is 271 g/mol. The van der Waals surface area contributed by atoms with Crippen molar-refractivity contribution in [2.24, 2.45) is 0 Å². The molecule has 20 heavy (non-hydrogen) atoms. The van der Waals surface area contributed by atoms with Gasteiger partial charge in [-0.1, -0.05) is 6.92 Å². The smallest absolute Gasteiger partial charge is 0.148 e. The molecule has 0 spiro atoms. The zero-order chi connectivity index (χ0) is 14.4. The third-order valence-electron chi connectivity index (χ3n) is 3.09. The van der Waals surface area contributed by atoms with E-state index in [0.717, 1.165) is 35.9 Å². The third-order valence-corrected chi connectivity index (χ3v) is 3.09. The summed E-state index contributed by atoms with van der Waals surface area (Å²) < 4.78 is 5.78. The zero-order valence-corrected chi connectivity index (χ0v) is 12.3. The van der Waals surface area contributed by atoms with Crippen LogP contribution in [-0.4, -0.2) is 16.5 Å². The number of nitrogens with one attached hydrogen (secondary N) is 1. The molecule has 0 aliphatic rings. The third kappa shape index (κ3) is 3.78. The van der Waals surface area contributed by atoms with Gasteiger partial charge >= 0.3 is 0 Å². The summed E-state index contributed by atoms with van der Waals surface area (Å²) in [7, 11) is 0. The van der Waals surface area contributed by atoms with Gasteiger partial charge in [-0.3, -0.25) is 9.97 Å². The van der Waals surface area contributed by atoms with E-state index in [2.05, 4.69) is 29.1 Å². The van der Waals surface area contributed by atoms with Crippen LogP contribution in [0.25, 0.3) is 0 Å². The van der Waals surface area contributed by atoms with Crippen LogP contribution < -0.4 is 10.1 Å². The van der Waals surface area contributed by atoms with Gasteiger partial charge in [0.15, 0.2) is 0 Å².